The molecule has 0 bridgehead atoms. The fourth-order valence-corrected chi connectivity index (χ4v) is 3.49. The Labute approximate surface area is 161 Å². The number of nitrogens with one attached hydrogen (secondary N) is 3. The predicted octanol–water partition coefficient (Wildman–Crippen LogP) is 3.39. The van der Waals surface area contributed by atoms with Crippen molar-refractivity contribution in [2.24, 2.45) is 0 Å². The molecule has 9 nitrogen and oxygen atoms in total. The van der Waals surface area contributed by atoms with Crippen LogP contribution in [0.1, 0.15) is 18.9 Å². The molecule has 4 heterocycles. The van der Waals surface area contributed by atoms with Gasteiger partial charge in [-0.3, -0.25) is 4.68 Å². The van der Waals surface area contributed by atoms with Gasteiger partial charge >= 0.3 is 6.03 Å². The molecule has 2 amide bonds. The van der Waals surface area contributed by atoms with E-state index in [4.69, 9.17) is 4.74 Å². The normalized spacial score (nSPS) is 16.4. The summed E-state index contributed by atoms with van der Waals surface area (Å²) in [5, 5.41) is 13.3. The lowest BCUT2D eigenvalue weighted by Gasteiger charge is -2.22. The summed E-state index contributed by atoms with van der Waals surface area (Å²) >= 11 is 0. The molecule has 0 aliphatic carbocycles. The zero-order chi connectivity index (χ0) is 18.9. The lowest BCUT2D eigenvalue weighted by atomic mass is 10.1. The minimum absolute atomic E-state index is 0.312. The minimum atomic E-state index is -0.312. The maximum atomic E-state index is 12.0. The monoisotopic (exact) mass is 377 g/mol. The maximum absolute atomic E-state index is 12.0. The van der Waals surface area contributed by atoms with Crippen molar-refractivity contribution in [2.45, 2.75) is 18.9 Å². The van der Waals surface area contributed by atoms with Crippen molar-refractivity contribution in [1.82, 2.24) is 19.7 Å². The predicted molar refractivity (Wildman–Crippen MR) is 105 cm³/mol. The SMILES string of the molecule is O=C1Nc2ccccc2-c2nc(Nc3cnn(C4CCOCC4)c3)ncc2N1. The fraction of sp³-hybridized carbons (Fsp3) is 0.263. The lowest BCUT2D eigenvalue weighted by molar-refractivity contribution is 0.0662. The highest BCUT2D eigenvalue weighted by atomic mass is 16.5. The van der Waals surface area contributed by atoms with Crippen LogP contribution in [0.4, 0.5) is 27.8 Å². The number of urea groups is 1. The zero-order valence-electron chi connectivity index (χ0n) is 15.1. The molecule has 142 valence electrons. The molecule has 1 fully saturated rings. The van der Waals surface area contributed by atoms with E-state index in [-0.39, 0.29) is 6.03 Å². The van der Waals surface area contributed by atoms with Gasteiger partial charge in [-0.25, -0.2) is 14.8 Å². The number of nitrogens with zero attached hydrogens (tertiary/aromatic N) is 4. The summed E-state index contributed by atoms with van der Waals surface area (Å²) in [7, 11) is 0. The molecular weight excluding hydrogens is 358 g/mol. The van der Waals surface area contributed by atoms with Gasteiger partial charge in [-0.15, -0.1) is 0 Å². The molecule has 0 spiro atoms. The second-order valence-electron chi connectivity index (χ2n) is 6.76. The number of ether oxygens (including phenoxy) is 1. The lowest BCUT2D eigenvalue weighted by Crippen LogP contribution is -2.19. The van der Waals surface area contributed by atoms with Crippen molar-refractivity contribution >= 4 is 29.0 Å². The number of anilines is 4. The molecule has 2 aromatic heterocycles. The number of fused-ring (bicyclic) bond motifs is 3. The second-order valence-corrected chi connectivity index (χ2v) is 6.76. The van der Waals surface area contributed by atoms with E-state index >= 15 is 0 Å². The first-order valence-electron chi connectivity index (χ1n) is 9.19. The Morgan fingerprint density at radius 2 is 1.93 bits per heavy atom. The molecular formula is C19H19N7O2. The Morgan fingerprint density at radius 3 is 2.82 bits per heavy atom. The standard InChI is InChI=1S/C19H19N7O2/c27-19-23-15-4-2-1-3-14(15)17-16(24-19)10-20-18(25-17)22-12-9-21-26(11-12)13-5-7-28-8-6-13/h1-4,9-11,13H,5-8H2,(H,20,22,25)(H2,23,24,27). The number of aromatic nitrogens is 4. The third kappa shape index (κ3) is 3.16. The van der Waals surface area contributed by atoms with Gasteiger partial charge in [0, 0.05) is 25.0 Å². The van der Waals surface area contributed by atoms with E-state index in [9.17, 15) is 4.79 Å². The van der Waals surface area contributed by atoms with Crippen molar-refractivity contribution < 1.29 is 9.53 Å². The Morgan fingerprint density at radius 1 is 1.11 bits per heavy atom. The molecule has 28 heavy (non-hydrogen) atoms. The van der Waals surface area contributed by atoms with Crippen molar-refractivity contribution in [3.8, 4) is 11.3 Å². The van der Waals surface area contributed by atoms with Crippen LogP contribution in [0.2, 0.25) is 0 Å². The first kappa shape index (κ1) is 16.7. The molecule has 0 radical (unpaired) electrons. The Bertz CT molecular complexity index is 1030. The van der Waals surface area contributed by atoms with E-state index in [0.29, 0.717) is 29.1 Å². The van der Waals surface area contributed by atoms with E-state index in [1.165, 1.54) is 0 Å². The van der Waals surface area contributed by atoms with Gasteiger partial charge in [0.1, 0.15) is 5.69 Å². The smallest absolute Gasteiger partial charge is 0.323 e. The fourth-order valence-electron chi connectivity index (χ4n) is 3.49. The summed E-state index contributed by atoms with van der Waals surface area (Å²) in [5.74, 6) is 0.441. The van der Waals surface area contributed by atoms with Crippen LogP contribution in [-0.4, -0.2) is 39.0 Å². The van der Waals surface area contributed by atoms with Crippen LogP contribution in [0.3, 0.4) is 0 Å². The summed E-state index contributed by atoms with van der Waals surface area (Å²) in [6.45, 7) is 1.53. The molecule has 0 unspecified atom stereocenters. The van der Waals surface area contributed by atoms with Gasteiger partial charge in [-0.05, 0) is 18.9 Å². The van der Waals surface area contributed by atoms with Gasteiger partial charge in [0.05, 0.1) is 35.5 Å². The first-order valence-corrected chi connectivity index (χ1v) is 9.19. The molecule has 9 heteroatoms. The third-order valence-electron chi connectivity index (χ3n) is 4.89. The molecule has 2 aliphatic heterocycles. The van der Waals surface area contributed by atoms with Crippen molar-refractivity contribution in [1.29, 1.82) is 0 Å². The number of benzene rings is 1. The average molecular weight is 377 g/mol. The number of rotatable bonds is 3. The van der Waals surface area contributed by atoms with E-state index in [2.05, 4.69) is 31.0 Å². The number of hydrogen-bond donors (Lipinski definition) is 3. The summed E-state index contributed by atoms with van der Waals surface area (Å²) in [5.41, 5.74) is 3.57. The molecule has 3 aromatic rings. The molecule has 5 rings (SSSR count). The minimum Gasteiger partial charge on any atom is -0.381 e. The molecule has 2 aliphatic rings. The van der Waals surface area contributed by atoms with Gasteiger partial charge in [-0.1, -0.05) is 18.2 Å². The zero-order valence-corrected chi connectivity index (χ0v) is 15.1. The highest BCUT2D eigenvalue weighted by molar-refractivity contribution is 6.07. The number of carbonyl (C=O) groups is 1. The highest BCUT2D eigenvalue weighted by Gasteiger charge is 2.21. The van der Waals surface area contributed by atoms with Crippen molar-refractivity contribution in [3.05, 3.63) is 42.9 Å². The van der Waals surface area contributed by atoms with Crippen LogP contribution < -0.4 is 16.0 Å². The topological polar surface area (TPSA) is 106 Å². The highest BCUT2D eigenvalue weighted by Crippen LogP contribution is 2.35. The molecule has 1 aromatic carbocycles. The van der Waals surface area contributed by atoms with Gasteiger partial charge in [-0.2, -0.15) is 5.10 Å². The number of carbonyl (C=O) groups excluding carboxylic acids is 1. The summed E-state index contributed by atoms with van der Waals surface area (Å²) in [4.78, 5) is 21.0. The number of amides is 2. The Hall–Kier alpha value is -3.46. The van der Waals surface area contributed by atoms with Crippen LogP contribution >= 0.6 is 0 Å². The summed E-state index contributed by atoms with van der Waals surface area (Å²) < 4.78 is 7.38. The maximum Gasteiger partial charge on any atom is 0.323 e. The van der Waals surface area contributed by atoms with Crippen molar-refractivity contribution in [3.63, 3.8) is 0 Å². The quantitative estimate of drug-likeness (QED) is 0.646. The van der Waals surface area contributed by atoms with Crippen LogP contribution in [0.15, 0.2) is 42.9 Å². The van der Waals surface area contributed by atoms with Crippen LogP contribution in [0, 0.1) is 0 Å². The van der Waals surface area contributed by atoms with E-state index in [1.54, 1.807) is 12.4 Å². The average Bonchev–Trinajstić information content (AvgIpc) is 3.13. The van der Waals surface area contributed by atoms with Crippen LogP contribution in [0.25, 0.3) is 11.3 Å². The summed E-state index contributed by atoms with van der Waals surface area (Å²) in [6, 6.07) is 7.58. The van der Waals surface area contributed by atoms with Gasteiger partial charge in [0.15, 0.2) is 0 Å². The van der Waals surface area contributed by atoms with Crippen LogP contribution in [-0.2, 0) is 4.74 Å². The van der Waals surface area contributed by atoms with E-state index < -0.39 is 0 Å². The number of hydrogen-bond acceptors (Lipinski definition) is 6. The Balaban J connectivity index is 1.43. The van der Waals surface area contributed by atoms with E-state index in [1.807, 2.05) is 35.1 Å². The van der Waals surface area contributed by atoms with Crippen molar-refractivity contribution in [2.75, 3.05) is 29.2 Å². The van der Waals surface area contributed by atoms with Gasteiger partial charge in [0.2, 0.25) is 5.95 Å². The van der Waals surface area contributed by atoms with E-state index in [0.717, 1.165) is 37.3 Å². The molecule has 3 N–H and O–H groups in total. The van der Waals surface area contributed by atoms with Crippen LogP contribution in [0.5, 0.6) is 0 Å². The van der Waals surface area contributed by atoms with Gasteiger partial charge in [0.25, 0.3) is 0 Å². The first-order chi connectivity index (χ1) is 13.8. The Kier molecular flexibility index (Phi) is 4.13. The third-order valence-corrected chi connectivity index (χ3v) is 4.89. The summed E-state index contributed by atoms with van der Waals surface area (Å²) in [6.07, 6.45) is 7.25. The molecule has 0 saturated carbocycles. The second kappa shape index (κ2) is 6.93. The molecule has 1 saturated heterocycles. The molecule has 0 atom stereocenters. The number of para-hydroxylation sites is 1. The van der Waals surface area contributed by atoms with Gasteiger partial charge < -0.3 is 20.7 Å². The largest absolute Gasteiger partial charge is 0.381 e.